The van der Waals surface area contributed by atoms with Gasteiger partial charge in [-0.05, 0) is 47.8 Å². The number of hydrogen-bond acceptors (Lipinski definition) is 7. The first-order chi connectivity index (χ1) is 13.6. The zero-order valence-corrected chi connectivity index (χ0v) is 18.1. The van der Waals surface area contributed by atoms with Crippen LogP contribution in [0.2, 0.25) is 0 Å². The van der Waals surface area contributed by atoms with Crippen LogP contribution in [0.4, 0.5) is 0 Å². The Bertz CT molecular complexity index is 1200. The average molecular weight is 472 g/mol. The Labute approximate surface area is 176 Å². The molecule has 0 aliphatic rings. The maximum absolute atomic E-state index is 12.3. The minimum atomic E-state index is -3.77. The number of sulfonamides is 2. The quantitative estimate of drug-likeness (QED) is 0.461. The summed E-state index contributed by atoms with van der Waals surface area (Å²) in [5.41, 5.74) is 0.283. The van der Waals surface area contributed by atoms with Gasteiger partial charge in [-0.25, -0.2) is 26.7 Å². The summed E-state index contributed by atoms with van der Waals surface area (Å²) in [5.74, 6) is -0.411. The van der Waals surface area contributed by atoms with E-state index in [1.807, 2.05) is 17.5 Å². The van der Waals surface area contributed by atoms with Gasteiger partial charge < -0.3 is 5.32 Å². The number of hydrogen-bond donors (Lipinski definition) is 3. The van der Waals surface area contributed by atoms with Crippen molar-refractivity contribution in [2.75, 3.05) is 0 Å². The summed E-state index contributed by atoms with van der Waals surface area (Å²) in [7, 11) is -7.45. The average Bonchev–Trinajstić information content (AvgIpc) is 3.36. The molecule has 2 aromatic heterocycles. The van der Waals surface area contributed by atoms with Crippen molar-refractivity contribution >= 4 is 48.6 Å². The number of amides is 1. The van der Waals surface area contributed by atoms with Crippen LogP contribution in [-0.2, 0) is 33.1 Å². The minimum absolute atomic E-state index is 0.0198. The van der Waals surface area contributed by atoms with Crippen LogP contribution in [-0.4, -0.2) is 22.7 Å². The van der Waals surface area contributed by atoms with E-state index in [0.29, 0.717) is 4.88 Å². The van der Waals surface area contributed by atoms with Crippen molar-refractivity contribution in [3.05, 3.63) is 69.2 Å². The number of nitrogens with one attached hydrogen (secondary N) is 2. The number of primary sulfonamides is 1. The van der Waals surface area contributed by atoms with Crippen LogP contribution >= 0.6 is 22.7 Å². The van der Waals surface area contributed by atoms with Gasteiger partial charge in [0.15, 0.2) is 0 Å². The molecule has 0 bridgehead atoms. The largest absolute Gasteiger partial charge is 0.347 e. The van der Waals surface area contributed by atoms with Crippen molar-refractivity contribution in [1.82, 2.24) is 10.0 Å². The van der Waals surface area contributed by atoms with Crippen LogP contribution in [0, 0.1) is 0 Å². The van der Waals surface area contributed by atoms with Crippen LogP contribution < -0.4 is 15.2 Å². The molecule has 0 unspecified atom stereocenters. The molecule has 8 nitrogen and oxygen atoms in total. The highest BCUT2D eigenvalue weighted by molar-refractivity contribution is 7.91. The second-order valence-electron chi connectivity index (χ2n) is 5.88. The maximum Gasteiger partial charge on any atom is 0.251 e. The van der Waals surface area contributed by atoms with E-state index in [0.717, 1.165) is 16.2 Å². The Morgan fingerprint density at radius 1 is 0.931 bits per heavy atom. The SMILES string of the molecule is NS(=O)(=O)c1ccc(CNC(=O)c2ccc(S(=O)(=O)NCc3cccs3)cc2)s1. The third-order valence-corrected chi connectivity index (χ3v) is 8.60. The second kappa shape index (κ2) is 8.73. The first-order valence-electron chi connectivity index (χ1n) is 8.17. The van der Waals surface area contributed by atoms with Crippen molar-refractivity contribution in [2.24, 2.45) is 5.14 Å². The third-order valence-electron chi connectivity index (χ3n) is 3.78. The lowest BCUT2D eigenvalue weighted by Crippen LogP contribution is -2.24. The standard InChI is InChI=1S/C17H17N3O5S4/c18-28(22,23)16-8-5-14(27-16)10-19-17(21)12-3-6-15(7-4-12)29(24,25)20-11-13-2-1-9-26-13/h1-9,20H,10-11H2,(H,19,21)(H2,18,22,23). The predicted molar refractivity (Wildman–Crippen MR) is 112 cm³/mol. The first-order valence-corrected chi connectivity index (χ1v) is 12.9. The van der Waals surface area contributed by atoms with Gasteiger partial charge in [-0.2, -0.15) is 0 Å². The fourth-order valence-corrected chi connectivity index (χ4v) is 5.78. The lowest BCUT2D eigenvalue weighted by atomic mass is 10.2. The van der Waals surface area contributed by atoms with Crippen LogP contribution in [0.5, 0.6) is 0 Å². The molecule has 3 aromatic rings. The number of benzene rings is 1. The van der Waals surface area contributed by atoms with E-state index in [-0.39, 0.29) is 27.8 Å². The molecule has 0 saturated heterocycles. The molecule has 0 aliphatic heterocycles. The Hall–Kier alpha value is -2.09. The molecular formula is C17H17N3O5S4. The van der Waals surface area contributed by atoms with E-state index in [2.05, 4.69) is 10.0 Å². The Balaban J connectivity index is 1.60. The molecule has 0 aliphatic carbocycles. The topological polar surface area (TPSA) is 135 Å². The molecule has 1 amide bonds. The highest BCUT2D eigenvalue weighted by Crippen LogP contribution is 2.20. The minimum Gasteiger partial charge on any atom is -0.347 e. The Morgan fingerprint density at radius 3 is 2.24 bits per heavy atom. The van der Waals surface area contributed by atoms with Crippen LogP contribution in [0.15, 0.2) is 63.0 Å². The molecule has 3 rings (SSSR count). The van der Waals surface area contributed by atoms with E-state index >= 15 is 0 Å². The Kier molecular flexibility index (Phi) is 6.51. The van der Waals surface area contributed by atoms with E-state index < -0.39 is 26.0 Å². The van der Waals surface area contributed by atoms with Crippen molar-refractivity contribution in [3.63, 3.8) is 0 Å². The van der Waals surface area contributed by atoms with Crippen LogP contribution in [0.1, 0.15) is 20.1 Å². The highest BCUT2D eigenvalue weighted by atomic mass is 32.2. The summed E-state index contributed by atoms with van der Waals surface area (Å²) in [6.45, 7) is 0.324. The molecule has 12 heteroatoms. The molecule has 154 valence electrons. The van der Waals surface area contributed by atoms with Gasteiger partial charge in [0, 0.05) is 21.9 Å². The number of nitrogens with two attached hydrogens (primary N) is 1. The summed E-state index contributed by atoms with van der Waals surface area (Å²) in [4.78, 5) is 13.8. The number of thiophene rings is 2. The summed E-state index contributed by atoms with van der Waals surface area (Å²) < 4.78 is 49.8. The van der Waals surface area contributed by atoms with Crippen molar-refractivity contribution in [2.45, 2.75) is 22.2 Å². The van der Waals surface area contributed by atoms with Gasteiger partial charge in [0.1, 0.15) is 4.21 Å². The van der Waals surface area contributed by atoms with E-state index in [9.17, 15) is 21.6 Å². The molecule has 0 atom stereocenters. The van der Waals surface area contributed by atoms with Gasteiger partial charge >= 0.3 is 0 Å². The molecule has 1 aromatic carbocycles. The number of carbonyl (C=O) groups is 1. The molecule has 2 heterocycles. The van der Waals surface area contributed by atoms with Gasteiger partial charge in [0.2, 0.25) is 20.0 Å². The normalized spacial score (nSPS) is 12.0. The van der Waals surface area contributed by atoms with Gasteiger partial charge in [-0.15, -0.1) is 22.7 Å². The summed E-state index contributed by atoms with van der Waals surface area (Å²) >= 11 is 2.42. The number of rotatable bonds is 8. The molecule has 29 heavy (non-hydrogen) atoms. The van der Waals surface area contributed by atoms with Crippen molar-refractivity contribution in [3.8, 4) is 0 Å². The molecule has 0 radical (unpaired) electrons. The predicted octanol–water partition coefficient (Wildman–Crippen LogP) is 1.87. The Morgan fingerprint density at radius 2 is 1.66 bits per heavy atom. The first kappa shape index (κ1) is 21.6. The third kappa shape index (κ3) is 5.72. The molecule has 0 spiro atoms. The van der Waals surface area contributed by atoms with Gasteiger partial charge in [-0.1, -0.05) is 6.07 Å². The van der Waals surface area contributed by atoms with Gasteiger partial charge in [-0.3, -0.25) is 4.79 Å². The van der Waals surface area contributed by atoms with Crippen LogP contribution in [0.3, 0.4) is 0 Å². The maximum atomic E-state index is 12.3. The second-order valence-corrected chi connectivity index (χ2v) is 11.6. The molecular weight excluding hydrogens is 454 g/mol. The van der Waals surface area contributed by atoms with Gasteiger partial charge in [0.25, 0.3) is 5.91 Å². The molecule has 0 fully saturated rings. The molecule has 4 N–H and O–H groups in total. The van der Waals surface area contributed by atoms with E-state index in [4.69, 9.17) is 5.14 Å². The van der Waals surface area contributed by atoms with Crippen molar-refractivity contribution < 1.29 is 21.6 Å². The van der Waals surface area contributed by atoms with Gasteiger partial charge in [0.05, 0.1) is 11.4 Å². The van der Waals surface area contributed by atoms with Crippen molar-refractivity contribution in [1.29, 1.82) is 0 Å². The summed E-state index contributed by atoms with van der Waals surface area (Å²) in [5, 5.41) is 9.58. The smallest absolute Gasteiger partial charge is 0.251 e. The number of carbonyl (C=O) groups excluding carboxylic acids is 1. The van der Waals surface area contributed by atoms with E-state index in [1.54, 1.807) is 6.07 Å². The molecule has 0 saturated carbocycles. The zero-order valence-electron chi connectivity index (χ0n) is 14.9. The fourth-order valence-electron chi connectivity index (χ4n) is 2.32. The zero-order chi connectivity index (χ0) is 21.1. The lowest BCUT2D eigenvalue weighted by Gasteiger charge is -2.07. The highest BCUT2D eigenvalue weighted by Gasteiger charge is 2.16. The lowest BCUT2D eigenvalue weighted by molar-refractivity contribution is 0.0951. The monoisotopic (exact) mass is 471 g/mol. The fraction of sp³-hybridized carbons (Fsp3) is 0.118. The summed E-state index contributed by atoms with van der Waals surface area (Å²) in [6.07, 6.45) is 0. The van der Waals surface area contributed by atoms with Crippen LogP contribution in [0.25, 0.3) is 0 Å². The van der Waals surface area contributed by atoms with E-state index in [1.165, 1.54) is 41.7 Å². The summed E-state index contributed by atoms with van der Waals surface area (Å²) in [6, 6.07) is 12.2.